The van der Waals surface area contributed by atoms with Gasteiger partial charge in [0.05, 0.1) is 17.5 Å². The fourth-order valence-electron chi connectivity index (χ4n) is 1.61. The maximum atomic E-state index is 13.2. The summed E-state index contributed by atoms with van der Waals surface area (Å²) >= 11 is 0. The van der Waals surface area contributed by atoms with Gasteiger partial charge in [-0.3, -0.25) is 4.79 Å². The molecule has 7 nitrogen and oxygen atoms in total. The Balaban J connectivity index is 2.69. The predicted octanol–water partition coefficient (Wildman–Crippen LogP) is 0.322. The van der Waals surface area contributed by atoms with Crippen molar-refractivity contribution in [1.82, 2.24) is 15.0 Å². The molecule has 0 bridgehead atoms. The lowest BCUT2D eigenvalue weighted by Crippen LogP contribution is -2.34. The third-order valence-electron chi connectivity index (χ3n) is 2.46. The van der Waals surface area contributed by atoms with Crippen molar-refractivity contribution < 1.29 is 17.6 Å². The van der Waals surface area contributed by atoms with Gasteiger partial charge in [-0.2, -0.15) is 0 Å². The molecule has 9 heteroatoms. The quantitative estimate of drug-likeness (QED) is 0.641. The van der Waals surface area contributed by atoms with Crippen molar-refractivity contribution in [2.24, 2.45) is 0 Å². The molecule has 1 aromatic heterocycles. The Morgan fingerprint density at radius 1 is 1.33 bits per heavy atom. The third-order valence-corrected chi connectivity index (χ3v) is 3.93. The standard InChI is InChI=1S/C12H19FN4O3S/c1-3-14-11-10(7-9(13)8-16-11)12(18)15-5-6-21(19,20)17-4-2/h7-8,17H,3-6H2,1-2H3,(H,14,16)(H,15,18). The van der Waals surface area contributed by atoms with Gasteiger partial charge in [0.25, 0.3) is 5.91 Å². The SMILES string of the molecule is CCNc1ncc(F)cc1C(=O)NCCS(=O)(=O)NCC. The highest BCUT2D eigenvalue weighted by atomic mass is 32.2. The molecule has 0 unspecified atom stereocenters. The van der Waals surface area contributed by atoms with E-state index in [0.717, 1.165) is 12.3 Å². The minimum Gasteiger partial charge on any atom is -0.370 e. The van der Waals surface area contributed by atoms with Crippen LogP contribution in [0.25, 0.3) is 0 Å². The summed E-state index contributed by atoms with van der Waals surface area (Å²) in [7, 11) is -3.41. The molecule has 0 aliphatic rings. The molecule has 0 aliphatic heterocycles. The maximum Gasteiger partial charge on any atom is 0.255 e. The summed E-state index contributed by atoms with van der Waals surface area (Å²) in [6.07, 6.45) is 1.00. The molecular weight excluding hydrogens is 299 g/mol. The number of pyridine rings is 1. The highest BCUT2D eigenvalue weighted by Crippen LogP contribution is 2.13. The minimum atomic E-state index is -3.41. The molecule has 1 amide bonds. The normalized spacial score (nSPS) is 11.2. The lowest BCUT2D eigenvalue weighted by Gasteiger charge is -2.10. The number of sulfonamides is 1. The van der Waals surface area contributed by atoms with E-state index in [1.165, 1.54) is 0 Å². The lowest BCUT2D eigenvalue weighted by atomic mass is 10.2. The van der Waals surface area contributed by atoms with Crippen molar-refractivity contribution in [3.05, 3.63) is 23.6 Å². The van der Waals surface area contributed by atoms with Crippen LogP contribution in [-0.4, -0.2) is 44.7 Å². The van der Waals surface area contributed by atoms with E-state index in [2.05, 4.69) is 20.3 Å². The Morgan fingerprint density at radius 3 is 2.67 bits per heavy atom. The zero-order valence-electron chi connectivity index (χ0n) is 11.9. The third kappa shape index (κ3) is 5.64. The molecule has 3 N–H and O–H groups in total. The van der Waals surface area contributed by atoms with Crippen LogP contribution < -0.4 is 15.4 Å². The summed E-state index contributed by atoms with van der Waals surface area (Å²) in [4.78, 5) is 15.8. The van der Waals surface area contributed by atoms with Crippen LogP contribution in [0, 0.1) is 5.82 Å². The van der Waals surface area contributed by atoms with Crippen molar-refractivity contribution in [1.29, 1.82) is 0 Å². The number of amides is 1. The van der Waals surface area contributed by atoms with E-state index in [0.29, 0.717) is 6.54 Å². The number of carbonyl (C=O) groups is 1. The van der Waals surface area contributed by atoms with Gasteiger partial charge in [-0.1, -0.05) is 6.92 Å². The van der Waals surface area contributed by atoms with E-state index in [1.807, 2.05) is 6.92 Å². The number of carbonyl (C=O) groups excluding carboxylic acids is 1. The Morgan fingerprint density at radius 2 is 2.05 bits per heavy atom. The topological polar surface area (TPSA) is 100 Å². The van der Waals surface area contributed by atoms with E-state index in [1.54, 1.807) is 6.92 Å². The van der Waals surface area contributed by atoms with Crippen molar-refractivity contribution >= 4 is 21.7 Å². The van der Waals surface area contributed by atoms with Gasteiger partial charge in [-0.25, -0.2) is 22.5 Å². The Kier molecular flexibility index (Phi) is 6.50. The second-order valence-electron chi connectivity index (χ2n) is 4.15. The second-order valence-corrected chi connectivity index (χ2v) is 6.08. The Hall–Kier alpha value is -1.74. The van der Waals surface area contributed by atoms with Crippen LogP contribution in [-0.2, 0) is 10.0 Å². The number of aromatic nitrogens is 1. The van der Waals surface area contributed by atoms with Crippen LogP contribution >= 0.6 is 0 Å². The molecule has 1 aromatic rings. The van der Waals surface area contributed by atoms with Crippen LogP contribution in [0.15, 0.2) is 12.3 Å². The van der Waals surface area contributed by atoms with E-state index in [-0.39, 0.29) is 30.2 Å². The second kappa shape index (κ2) is 7.89. The average molecular weight is 318 g/mol. The molecule has 0 spiro atoms. The van der Waals surface area contributed by atoms with Crippen molar-refractivity contribution in [3.63, 3.8) is 0 Å². The van der Waals surface area contributed by atoms with Crippen LogP contribution in [0.5, 0.6) is 0 Å². The first-order valence-corrected chi connectivity index (χ1v) is 8.19. The van der Waals surface area contributed by atoms with Gasteiger partial charge in [0, 0.05) is 19.6 Å². The first kappa shape index (κ1) is 17.3. The molecule has 1 rings (SSSR count). The number of nitrogens with zero attached hydrogens (tertiary/aromatic N) is 1. The zero-order valence-corrected chi connectivity index (χ0v) is 12.8. The molecule has 0 fully saturated rings. The fourth-order valence-corrected chi connectivity index (χ4v) is 2.56. The highest BCUT2D eigenvalue weighted by molar-refractivity contribution is 7.89. The van der Waals surface area contributed by atoms with Gasteiger partial charge >= 0.3 is 0 Å². The average Bonchev–Trinajstić information content (AvgIpc) is 2.40. The van der Waals surface area contributed by atoms with Gasteiger partial charge in [-0.05, 0) is 13.0 Å². The molecule has 0 saturated heterocycles. The molecule has 0 saturated carbocycles. The number of rotatable bonds is 8. The summed E-state index contributed by atoms with van der Waals surface area (Å²) in [5, 5.41) is 5.28. The van der Waals surface area contributed by atoms with Crippen molar-refractivity contribution in [3.8, 4) is 0 Å². The van der Waals surface area contributed by atoms with E-state index in [4.69, 9.17) is 0 Å². The molecule has 0 aromatic carbocycles. The Labute approximate surface area is 123 Å². The zero-order chi connectivity index (χ0) is 15.9. The summed E-state index contributed by atoms with van der Waals surface area (Å²) in [5.41, 5.74) is 0.0395. The van der Waals surface area contributed by atoms with Crippen molar-refractivity contribution in [2.75, 3.05) is 30.7 Å². The summed E-state index contributed by atoms with van der Waals surface area (Å²) < 4.78 is 38.3. The predicted molar refractivity (Wildman–Crippen MR) is 78.2 cm³/mol. The maximum absolute atomic E-state index is 13.2. The molecule has 118 valence electrons. The van der Waals surface area contributed by atoms with Crippen LogP contribution in [0.1, 0.15) is 24.2 Å². The fraction of sp³-hybridized carbons (Fsp3) is 0.500. The van der Waals surface area contributed by atoms with Gasteiger partial charge in [0.2, 0.25) is 10.0 Å². The van der Waals surface area contributed by atoms with E-state index in [9.17, 15) is 17.6 Å². The summed E-state index contributed by atoms with van der Waals surface area (Å²) in [6.45, 7) is 4.21. The van der Waals surface area contributed by atoms with E-state index < -0.39 is 21.7 Å². The lowest BCUT2D eigenvalue weighted by molar-refractivity contribution is 0.0956. The number of hydrogen-bond acceptors (Lipinski definition) is 5. The molecule has 0 atom stereocenters. The molecule has 21 heavy (non-hydrogen) atoms. The highest BCUT2D eigenvalue weighted by Gasteiger charge is 2.15. The Bertz CT molecular complexity index is 592. The monoisotopic (exact) mass is 318 g/mol. The smallest absolute Gasteiger partial charge is 0.255 e. The summed E-state index contributed by atoms with van der Waals surface area (Å²) in [5.74, 6) is -1.20. The van der Waals surface area contributed by atoms with Crippen LogP contribution in [0.3, 0.4) is 0 Å². The first-order chi connectivity index (χ1) is 9.89. The number of halogens is 1. The van der Waals surface area contributed by atoms with Gasteiger partial charge in [0.15, 0.2) is 0 Å². The number of anilines is 1. The molecule has 1 heterocycles. The number of hydrogen-bond donors (Lipinski definition) is 3. The van der Waals surface area contributed by atoms with Gasteiger partial charge in [0.1, 0.15) is 11.6 Å². The molecule has 0 radical (unpaired) electrons. The van der Waals surface area contributed by atoms with Crippen LogP contribution in [0.4, 0.5) is 10.2 Å². The van der Waals surface area contributed by atoms with Crippen molar-refractivity contribution in [2.45, 2.75) is 13.8 Å². The van der Waals surface area contributed by atoms with Crippen LogP contribution in [0.2, 0.25) is 0 Å². The van der Waals surface area contributed by atoms with Gasteiger partial charge < -0.3 is 10.6 Å². The van der Waals surface area contributed by atoms with E-state index >= 15 is 0 Å². The molecular formula is C12H19FN4O3S. The minimum absolute atomic E-state index is 0.0395. The summed E-state index contributed by atoms with van der Waals surface area (Å²) in [6, 6.07) is 1.05. The number of nitrogens with one attached hydrogen (secondary N) is 3. The first-order valence-electron chi connectivity index (χ1n) is 6.54. The largest absolute Gasteiger partial charge is 0.370 e. The molecule has 0 aliphatic carbocycles. The van der Waals surface area contributed by atoms with Gasteiger partial charge in [-0.15, -0.1) is 0 Å².